The van der Waals surface area contributed by atoms with Crippen LogP contribution in [0, 0.1) is 11.8 Å². The third kappa shape index (κ3) is 2.78. The van der Waals surface area contributed by atoms with Gasteiger partial charge in [-0.05, 0) is 31.6 Å². The maximum absolute atomic E-state index is 12.4. The first-order chi connectivity index (χ1) is 7.79. The zero-order valence-electron chi connectivity index (χ0n) is 10.6. The van der Waals surface area contributed by atoms with Crippen LogP contribution in [0.25, 0.3) is 0 Å². The van der Waals surface area contributed by atoms with Gasteiger partial charge in [0.1, 0.15) is 0 Å². The van der Waals surface area contributed by atoms with Crippen molar-refractivity contribution in [3.8, 4) is 0 Å². The summed E-state index contributed by atoms with van der Waals surface area (Å²) in [6.45, 7) is 4.18. The molecule has 0 radical (unpaired) electrons. The molecule has 1 atom stereocenters. The number of likely N-dealkylation sites (tertiary alicyclic amines) is 1. The molecule has 1 amide bonds. The molecular weight excluding hydrogens is 198 g/mol. The molecule has 0 aromatic carbocycles. The molecule has 0 spiro atoms. The number of amides is 1. The SMILES string of the molecule is CC(C(=O)N1CCCCCC1)C1CCCC1. The van der Waals surface area contributed by atoms with E-state index in [1.807, 2.05) is 0 Å². The highest BCUT2D eigenvalue weighted by Gasteiger charge is 2.29. The van der Waals surface area contributed by atoms with Crippen LogP contribution in [-0.2, 0) is 4.79 Å². The summed E-state index contributed by atoms with van der Waals surface area (Å²) in [5.41, 5.74) is 0. The Labute approximate surface area is 99.4 Å². The Hall–Kier alpha value is -0.530. The second kappa shape index (κ2) is 5.70. The molecular formula is C14H25NO. The monoisotopic (exact) mass is 223 g/mol. The van der Waals surface area contributed by atoms with Crippen molar-refractivity contribution in [2.75, 3.05) is 13.1 Å². The predicted octanol–water partition coefficient (Wildman–Crippen LogP) is 3.22. The predicted molar refractivity (Wildman–Crippen MR) is 66.2 cm³/mol. The lowest BCUT2D eigenvalue weighted by molar-refractivity contribution is -0.136. The van der Waals surface area contributed by atoms with Gasteiger partial charge in [0.15, 0.2) is 0 Å². The Morgan fingerprint density at radius 3 is 2.12 bits per heavy atom. The highest BCUT2D eigenvalue weighted by Crippen LogP contribution is 2.32. The molecule has 2 aliphatic rings. The quantitative estimate of drug-likeness (QED) is 0.704. The number of nitrogens with zero attached hydrogens (tertiary/aromatic N) is 1. The van der Waals surface area contributed by atoms with Gasteiger partial charge < -0.3 is 4.90 Å². The fourth-order valence-corrected chi connectivity index (χ4v) is 3.24. The summed E-state index contributed by atoms with van der Waals surface area (Å²) < 4.78 is 0. The highest BCUT2D eigenvalue weighted by atomic mass is 16.2. The maximum Gasteiger partial charge on any atom is 0.225 e. The highest BCUT2D eigenvalue weighted by molar-refractivity contribution is 5.78. The second-order valence-electron chi connectivity index (χ2n) is 5.57. The van der Waals surface area contributed by atoms with Crippen molar-refractivity contribution in [1.29, 1.82) is 0 Å². The van der Waals surface area contributed by atoms with E-state index in [0.717, 1.165) is 13.1 Å². The van der Waals surface area contributed by atoms with E-state index in [2.05, 4.69) is 11.8 Å². The molecule has 92 valence electrons. The normalized spacial score (nSPS) is 25.4. The molecule has 1 aliphatic carbocycles. The van der Waals surface area contributed by atoms with Crippen LogP contribution in [0.1, 0.15) is 58.3 Å². The lowest BCUT2D eigenvalue weighted by Gasteiger charge is -2.27. The summed E-state index contributed by atoms with van der Waals surface area (Å²) in [5.74, 6) is 1.39. The molecule has 0 aromatic rings. The molecule has 1 saturated heterocycles. The van der Waals surface area contributed by atoms with E-state index in [4.69, 9.17) is 0 Å². The van der Waals surface area contributed by atoms with Crippen molar-refractivity contribution < 1.29 is 4.79 Å². The molecule has 0 N–H and O–H groups in total. The first-order valence-corrected chi connectivity index (χ1v) is 7.08. The molecule has 1 heterocycles. The lowest BCUT2D eigenvalue weighted by Crippen LogP contribution is -2.38. The van der Waals surface area contributed by atoms with Crippen molar-refractivity contribution in [2.24, 2.45) is 11.8 Å². The summed E-state index contributed by atoms with van der Waals surface area (Å²) in [7, 11) is 0. The standard InChI is InChI=1S/C14H25NO/c1-12(13-8-4-5-9-13)14(16)15-10-6-2-3-7-11-15/h12-13H,2-11H2,1H3. The number of hydrogen-bond donors (Lipinski definition) is 0. The van der Waals surface area contributed by atoms with Gasteiger partial charge in [-0.1, -0.05) is 32.6 Å². The molecule has 2 nitrogen and oxygen atoms in total. The van der Waals surface area contributed by atoms with Gasteiger partial charge in [0.25, 0.3) is 0 Å². The minimum Gasteiger partial charge on any atom is -0.342 e. The van der Waals surface area contributed by atoms with E-state index in [-0.39, 0.29) is 5.92 Å². The van der Waals surface area contributed by atoms with E-state index >= 15 is 0 Å². The van der Waals surface area contributed by atoms with Crippen LogP contribution in [0.2, 0.25) is 0 Å². The molecule has 0 bridgehead atoms. The van der Waals surface area contributed by atoms with Crippen LogP contribution < -0.4 is 0 Å². The summed E-state index contributed by atoms with van der Waals surface area (Å²) >= 11 is 0. The topological polar surface area (TPSA) is 20.3 Å². The molecule has 2 heteroatoms. The van der Waals surface area contributed by atoms with E-state index < -0.39 is 0 Å². The number of carbonyl (C=O) groups is 1. The van der Waals surface area contributed by atoms with Crippen molar-refractivity contribution in [3.05, 3.63) is 0 Å². The van der Waals surface area contributed by atoms with Crippen molar-refractivity contribution in [1.82, 2.24) is 4.90 Å². The van der Waals surface area contributed by atoms with Gasteiger partial charge in [-0.2, -0.15) is 0 Å². The number of hydrogen-bond acceptors (Lipinski definition) is 1. The van der Waals surface area contributed by atoms with E-state index in [1.165, 1.54) is 51.4 Å². The van der Waals surface area contributed by atoms with Gasteiger partial charge in [-0.15, -0.1) is 0 Å². The van der Waals surface area contributed by atoms with Crippen molar-refractivity contribution in [2.45, 2.75) is 58.3 Å². The summed E-state index contributed by atoms with van der Waals surface area (Å²) in [6, 6.07) is 0. The summed E-state index contributed by atoms with van der Waals surface area (Å²) in [6.07, 6.45) is 10.3. The summed E-state index contributed by atoms with van der Waals surface area (Å²) in [4.78, 5) is 14.5. The van der Waals surface area contributed by atoms with Crippen LogP contribution in [0.5, 0.6) is 0 Å². The minimum absolute atomic E-state index is 0.278. The van der Waals surface area contributed by atoms with Crippen molar-refractivity contribution >= 4 is 5.91 Å². The van der Waals surface area contributed by atoms with Crippen LogP contribution in [0.15, 0.2) is 0 Å². The van der Waals surface area contributed by atoms with Crippen LogP contribution in [0.3, 0.4) is 0 Å². The van der Waals surface area contributed by atoms with Gasteiger partial charge in [0.2, 0.25) is 5.91 Å². The molecule has 16 heavy (non-hydrogen) atoms. The first kappa shape index (κ1) is 11.9. The lowest BCUT2D eigenvalue weighted by atomic mass is 9.91. The van der Waals surface area contributed by atoms with Crippen molar-refractivity contribution in [3.63, 3.8) is 0 Å². The van der Waals surface area contributed by atoms with Gasteiger partial charge in [0, 0.05) is 19.0 Å². The Kier molecular flexibility index (Phi) is 4.25. The van der Waals surface area contributed by atoms with Crippen LogP contribution >= 0.6 is 0 Å². The van der Waals surface area contributed by atoms with Gasteiger partial charge in [0.05, 0.1) is 0 Å². The van der Waals surface area contributed by atoms with Gasteiger partial charge in [-0.25, -0.2) is 0 Å². The van der Waals surface area contributed by atoms with Crippen LogP contribution in [0.4, 0.5) is 0 Å². The third-order valence-electron chi connectivity index (χ3n) is 4.41. The zero-order chi connectivity index (χ0) is 11.4. The molecule has 1 saturated carbocycles. The maximum atomic E-state index is 12.4. The molecule has 1 aliphatic heterocycles. The average molecular weight is 223 g/mol. The van der Waals surface area contributed by atoms with Gasteiger partial charge in [-0.3, -0.25) is 4.79 Å². The number of rotatable bonds is 2. The summed E-state index contributed by atoms with van der Waals surface area (Å²) in [5, 5.41) is 0. The van der Waals surface area contributed by atoms with E-state index in [0.29, 0.717) is 11.8 Å². The average Bonchev–Trinajstić information content (AvgIpc) is 2.70. The third-order valence-corrected chi connectivity index (χ3v) is 4.41. The molecule has 0 aromatic heterocycles. The van der Waals surface area contributed by atoms with Crippen LogP contribution in [-0.4, -0.2) is 23.9 Å². The molecule has 2 rings (SSSR count). The fourth-order valence-electron chi connectivity index (χ4n) is 3.24. The zero-order valence-corrected chi connectivity index (χ0v) is 10.6. The first-order valence-electron chi connectivity index (χ1n) is 7.08. The fraction of sp³-hybridized carbons (Fsp3) is 0.929. The smallest absolute Gasteiger partial charge is 0.225 e. The Bertz CT molecular complexity index is 221. The van der Waals surface area contributed by atoms with E-state index in [9.17, 15) is 4.79 Å². The second-order valence-corrected chi connectivity index (χ2v) is 5.57. The largest absolute Gasteiger partial charge is 0.342 e. The van der Waals surface area contributed by atoms with E-state index in [1.54, 1.807) is 0 Å². The van der Waals surface area contributed by atoms with Gasteiger partial charge >= 0.3 is 0 Å². The molecule has 2 fully saturated rings. The minimum atomic E-state index is 0.278. The Balaban J connectivity index is 1.88. The Morgan fingerprint density at radius 2 is 1.56 bits per heavy atom. The number of carbonyl (C=O) groups excluding carboxylic acids is 1. The Morgan fingerprint density at radius 1 is 1.00 bits per heavy atom. The molecule has 1 unspecified atom stereocenters.